The molecule has 0 radical (unpaired) electrons. The van der Waals surface area contributed by atoms with Crippen LogP contribution in [0.5, 0.6) is 0 Å². The average Bonchev–Trinajstić information content (AvgIpc) is 2.40. The normalized spacial score (nSPS) is 10.3. The van der Waals surface area contributed by atoms with Crippen molar-refractivity contribution in [3.63, 3.8) is 0 Å². The number of nitrogens with two attached hydrogens (primary N) is 1. The zero-order valence-electron chi connectivity index (χ0n) is 10.6. The molecule has 0 aliphatic rings. The molecule has 1 aromatic heterocycles. The van der Waals surface area contributed by atoms with Gasteiger partial charge in [-0.05, 0) is 17.7 Å². The fourth-order valence-corrected chi connectivity index (χ4v) is 2.14. The predicted molar refractivity (Wildman–Crippen MR) is 80.9 cm³/mol. The van der Waals surface area contributed by atoms with Crippen LogP contribution in [-0.2, 0) is 17.8 Å². The number of halogens is 2. The molecule has 0 spiro atoms. The Morgan fingerprint density at radius 2 is 2.00 bits per heavy atom. The van der Waals surface area contributed by atoms with Crippen LogP contribution in [-0.4, -0.2) is 10.9 Å². The Bertz CT molecular complexity index is 632. The Morgan fingerprint density at radius 3 is 2.70 bits per heavy atom. The van der Waals surface area contributed by atoms with Gasteiger partial charge in [0.1, 0.15) is 5.15 Å². The molecule has 0 saturated heterocycles. The van der Waals surface area contributed by atoms with E-state index in [1.807, 2.05) is 24.3 Å². The third kappa shape index (κ3) is 3.85. The summed E-state index contributed by atoms with van der Waals surface area (Å²) in [7, 11) is 0. The number of nitrogens with one attached hydrogen (secondary N) is 1. The lowest BCUT2D eigenvalue weighted by Gasteiger charge is -2.12. The van der Waals surface area contributed by atoms with Crippen molar-refractivity contribution >= 4 is 34.8 Å². The molecule has 0 atom stereocenters. The van der Waals surface area contributed by atoms with E-state index in [9.17, 15) is 4.79 Å². The highest BCUT2D eigenvalue weighted by molar-refractivity contribution is 6.31. The molecule has 4 nitrogen and oxygen atoms in total. The van der Waals surface area contributed by atoms with Crippen LogP contribution in [0, 0.1) is 0 Å². The second kappa shape index (κ2) is 6.59. The molecule has 3 N–H and O–H groups in total. The highest BCUT2D eigenvalue weighted by Gasteiger charge is 2.08. The van der Waals surface area contributed by atoms with Crippen molar-refractivity contribution in [1.82, 2.24) is 4.98 Å². The standard InChI is InChI=1S/C14H13Cl2N3O/c15-11-4-2-1-3-9(11)7-18-12-6-13(16)19-8-10(12)5-14(17)20/h1-4,6,8H,5,7H2,(H2,17,20)(H,18,19). The molecule has 0 unspecified atom stereocenters. The van der Waals surface area contributed by atoms with Gasteiger partial charge in [0, 0.05) is 29.0 Å². The molecule has 0 saturated carbocycles. The monoisotopic (exact) mass is 309 g/mol. The Kier molecular flexibility index (Phi) is 4.82. The number of carbonyl (C=O) groups excluding carboxylic acids is 1. The van der Waals surface area contributed by atoms with E-state index in [0.717, 1.165) is 11.3 Å². The van der Waals surface area contributed by atoms with E-state index < -0.39 is 5.91 Å². The third-order valence-corrected chi connectivity index (χ3v) is 3.32. The molecular weight excluding hydrogens is 297 g/mol. The van der Waals surface area contributed by atoms with Crippen molar-refractivity contribution in [2.45, 2.75) is 13.0 Å². The highest BCUT2D eigenvalue weighted by Crippen LogP contribution is 2.22. The first-order valence-electron chi connectivity index (χ1n) is 5.96. The number of anilines is 1. The van der Waals surface area contributed by atoms with E-state index in [1.165, 1.54) is 0 Å². The molecule has 1 heterocycles. The summed E-state index contributed by atoms with van der Waals surface area (Å²) in [5.41, 5.74) is 7.59. The Morgan fingerprint density at radius 1 is 1.25 bits per heavy atom. The summed E-state index contributed by atoms with van der Waals surface area (Å²) in [4.78, 5) is 15.0. The van der Waals surface area contributed by atoms with Crippen LogP contribution in [0.4, 0.5) is 5.69 Å². The maximum absolute atomic E-state index is 11.0. The molecule has 0 bridgehead atoms. The minimum absolute atomic E-state index is 0.106. The SMILES string of the molecule is NC(=O)Cc1cnc(Cl)cc1NCc1ccccc1Cl. The van der Waals surface area contributed by atoms with Crippen molar-refractivity contribution in [3.8, 4) is 0 Å². The molecule has 0 aliphatic carbocycles. The van der Waals surface area contributed by atoms with Gasteiger partial charge >= 0.3 is 0 Å². The zero-order chi connectivity index (χ0) is 14.5. The minimum Gasteiger partial charge on any atom is -0.381 e. The predicted octanol–water partition coefficient (Wildman–Crippen LogP) is 3.03. The Hall–Kier alpha value is -1.78. The van der Waals surface area contributed by atoms with E-state index in [2.05, 4.69) is 10.3 Å². The van der Waals surface area contributed by atoms with Gasteiger partial charge in [-0.25, -0.2) is 4.98 Å². The largest absolute Gasteiger partial charge is 0.381 e. The Balaban J connectivity index is 2.18. The van der Waals surface area contributed by atoms with Crippen LogP contribution in [0.1, 0.15) is 11.1 Å². The topological polar surface area (TPSA) is 68.0 Å². The van der Waals surface area contributed by atoms with Crippen molar-refractivity contribution in [1.29, 1.82) is 0 Å². The summed E-state index contributed by atoms with van der Waals surface area (Å²) >= 11 is 12.0. The van der Waals surface area contributed by atoms with Crippen LogP contribution in [0.15, 0.2) is 36.5 Å². The van der Waals surface area contributed by atoms with Gasteiger partial charge in [0.2, 0.25) is 5.91 Å². The summed E-state index contributed by atoms with van der Waals surface area (Å²) in [6, 6.07) is 9.19. The van der Waals surface area contributed by atoms with Gasteiger partial charge in [-0.15, -0.1) is 0 Å². The molecule has 1 aromatic carbocycles. The van der Waals surface area contributed by atoms with Crippen molar-refractivity contribution in [2.75, 3.05) is 5.32 Å². The summed E-state index contributed by atoms with van der Waals surface area (Å²) in [5, 5.41) is 4.22. The van der Waals surface area contributed by atoms with Gasteiger partial charge in [0.25, 0.3) is 0 Å². The van der Waals surface area contributed by atoms with Crippen molar-refractivity contribution in [3.05, 3.63) is 57.8 Å². The number of hydrogen-bond donors (Lipinski definition) is 2. The lowest BCUT2D eigenvalue weighted by atomic mass is 10.1. The number of pyridine rings is 1. The second-order valence-electron chi connectivity index (χ2n) is 4.25. The number of benzene rings is 1. The first kappa shape index (κ1) is 14.6. The van der Waals surface area contributed by atoms with Gasteiger partial charge in [0.05, 0.1) is 6.42 Å². The quantitative estimate of drug-likeness (QED) is 0.834. The molecule has 20 heavy (non-hydrogen) atoms. The molecule has 2 aromatic rings. The molecule has 104 valence electrons. The second-order valence-corrected chi connectivity index (χ2v) is 5.05. The lowest BCUT2D eigenvalue weighted by Crippen LogP contribution is -2.15. The number of primary amides is 1. The van der Waals surface area contributed by atoms with Crippen LogP contribution in [0.25, 0.3) is 0 Å². The molecule has 2 rings (SSSR count). The number of nitrogens with zero attached hydrogens (tertiary/aromatic N) is 1. The first-order valence-corrected chi connectivity index (χ1v) is 6.72. The first-order chi connectivity index (χ1) is 9.56. The minimum atomic E-state index is -0.421. The smallest absolute Gasteiger partial charge is 0.221 e. The summed E-state index contributed by atoms with van der Waals surface area (Å²) in [6.45, 7) is 0.520. The maximum atomic E-state index is 11.0. The van der Waals surface area contributed by atoms with E-state index in [-0.39, 0.29) is 6.42 Å². The van der Waals surface area contributed by atoms with Crippen LogP contribution in [0.3, 0.4) is 0 Å². The number of hydrogen-bond acceptors (Lipinski definition) is 3. The van der Waals surface area contributed by atoms with E-state index in [0.29, 0.717) is 22.3 Å². The third-order valence-electron chi connectivity index (χ3n) is 2.74. The van der Waals surface area contributed by atoms with E-state index >= 15 is 0 Å². The summed E-state index contributed by atoms with van der Waals surface area (Å²) in [6.07, 6.45) is 1.65. The number of carbonyl (C=O) groups is 1. The maximum Gasteiger partial charge on any atom is 0.221 e. The number of rotatable bonds is 5. The van der Waals surface area contributed by atoms with Crippen molar-refractivity contribution < 1.29 is 4.79 Å². The fourth-order valence-electron chi connectivity index (χ4n) is 1.78. The fraction of sp³-hybridized carbons (Fsp3) is 0.143. The van der Waals surface area contributed by atoms with Gasteiger partial charge in [-0.3, -0.25) is 4.79 Å². The van der Waals surface area contributed by atoms with Crippen molar-refractivity contribution in [2.24, 2.45) is 5.73 Å². The van der Waals surface area contributed by atoms with Gasteiger partial charge < -0.3 is 11.1 Å². The lowest BCUT2D eigenvalue weighted by molar-refractivity contribution is -0.117. The van der Waals surface area contributed by atoms with Gasteiger partial charge in [-0.2, -0.15) is 0 Å². The highest BCUT2D eigenvalue weighted by atomic mass is 35.5. The van der Waals surface area contributed by atoms with Gasteiger partial charge in [-0.1, -0.05) is 41.4 Å². The molecule has 1 amide bonds. The van der Waals surface area contributed by atoms with Crippen LogP contribution in [0.2, 0.25) is 10.2 Å². The van der Waals surface area contributed by atoms with Crippen LogP contribution < -0.4 is 11.1 Å². The molecule has 0 aliphatic heterocycles. The average molecular weight is 310 g/mol. The molecular formula is C14H13Cl2N3O. The molecule has 6 heteroatoms. The Labute approximate surface area is 126 Å². The number of amides is 1. The van der Waals surface area contributed by atoms with E-state index in [4.69, 9.17) is 28.9 Å². The van der Waals surface area contributed by atoms with Gasteiger partial charge in [0.15, 0.2) is 0 Å². The summed E-state index contributed by atoms with van der Waals surface area (Å²) in [5.74, 6) is -0.421. The number of aromatic nitrogens is 1. The molecule has 0 fully saturated rings. The van der Waals surface area contributed by atoms with E-state index in [1.54, 1.807) is 12.3 Å². The zero-order valence-corrected chi connectivity index (χ0v) is 12.1. The summed E-state index contributed by atoms with van der Waals surface area (Å²) < 4.78 is 0. The van der Waals surface area contributed by atoms with Crippen LogP contribution >= 0.6 is 23.2 Å².